The van der Waals surface area contributed by atoms with Crippen LogP contribution in [0.3, 0.4) is 0 Å². The first-order valence-electron chi connectivity index (χ1n) is 6.52. The molecule has 23 heavy (non-hydrogen) atoms. The Kier molecular flexibility index (Phi) is 9.53. The zero-order valence-electron chi connectivity index (χ0n) is 12.5. The minimum absolute atomic E-state index is 0. The molecular formula is C13H19F3IN5O. The summed E-state index contributed by atoms with van der Waals surface area (Å²) >= 11 is 0. The molecule has 0 saturated heterocycles. The summed E-state index contributed by atoms with van der Waals surface area (Å²) in [4.78, 5) is 19.8. The molecule has 0 radical (unpaired) electrons. The molecule has 1 aromatic rings. The molecule has 0 aliphatic rings. The molecule has 1 heterocycles. The summed E-state index contributed by atoms with van der Waals surface area (Å²) in [5.41, 5.74) is 6.40. The number of nitrogens with two attached hydrogens (primary N) is 1. The van der Waals surface area contributed by atoms with E-state index in [1.165, 1.54) is 0 Å². The minimum Gasteiger partial charge on any atom is -0.370 e. The van der Waals surface area contributed by atoms with Gasteiger partial charge in [0.25, 0.3) is 0 Å². The monoisotopic (exact) mass is 445 g/mol. The van der Waals surface area contributed by atoms with Crippen LogP contribution in [0.25, 0.3) is 0 Å². The first kappa shape index (κ1) is 21.4. The van der Waals surface area contributed by atoms with E-state index in [2.05, 4.69) is 15.3 Å². The number of carbonyl (C=O) groups excluding carboxylic acids is 1. The van der Waals surface area contributed by atoms with Crippen molar-refractivity contribution in [2.75, 3.05) is 26.7 Å². The maximum absolute atomic E-state index is 12.1. The lowest BCUT2D eigenvalue weighted by Gasteiger charge is -2.17. The van der Waals surface area contributed by atoms with E-state index in [4.69, 9.17) is 5.73 Å². The van der Waals surface area contributed by atoms with E-state index in [0.717, 1.165) is 12.7 Å². The predicted octanol–water partition coefficient (Wildman–Crippen LogP) is 1.17. The van der Waals surface area contributed by atoms with Crippen molar-refractivity contribution in [3.63, 3.8) is 0 Å². The number of amides is 1. The van der Waals surface area contributed by atoms with E-state index in [-0.39, 0.29) is 29.9 Å². The van der Waals surface area contributed by atoms with Crippen molar-refractivity contribution < 1.29 is 18.0 Å². The van der Waals surface area contributed by atoms with Gasteiger partial charge in [-0.3, -0.25) is 9.78 Å². The average molecular weight is 445 g/mol. The molecular weight excluding hydrogens is 426 g/mol. The van der Waals surface area contributed by atoms with Gasteiger partial charge >= 0.3 is 6.18 Å². The molecule has 0 bridgehead atoms. The smallest absolute Gasteiger partial charge is 0.370 e. The maximum Gasteiger partial charge on any atom is 0.406 e. The van der Waals surface area contributed by atoms with Gasteiger partial charge in [0.15, 0.2) is 5.96 Å². The number of pyridine rings is 1. The number of likely N-dealkylation sites (N-methyl/N-ethyl adjacent to an activating group) is 1. The van der Waals surface area contributed by atoms with Gasteiger partial charge in [0.2, 0.25) is 5.91 Å². The molecule has 0 atom stereocenters. The van der Waals surface area contributed by atoms with Gasteiger partial charge in [-0.2, -0.15) is 13.2 Å². The topological polar surface area (TPSA) is 83.6 Å². The van der Waals surface area contributed by atoms with Gasteiger partial charge in [-0.25, -0.2) is 4.99 Å². The van der Waals surface area contributed by atoms with Crippen LogP contribution in [0.1, 0.15) is 5.69 Å². The second-order valence-electron chi connectivity index (χ2n) is 4.56. The summed E-state index contributed by atoms with van der Waals surface area (Å²) in [6.07, 6.45) is -2.15. The molecule has 3 N–H and O–H groups in total. The highest BCUT2D eigenvalue weighted by atomic mass is 127. The Morgan fingerprint density at radius 2 is 2.13 bits per heavy atom. The van der Waals surface area contributed by atoms with Crippen molar-refractivity contribution in [3.05, 3.63) is 30.1 Å². The summed E-state index contributed by atoms with van der Waals surface area (Å²) in [7, 11) is 1.07. The molecule has 1 rings (SSSR count). The van der Waals surface area contributed by atoms with E-state index in [1.54, 1.807) is 12.3 Å². The Labute approximate surface area is 149 Å². The molecule has 0 saturated carbocycles. The van der Waals surface area contributed by atoms with Gasteiger partial charge in [-0.1, -0.05) is 6.07 Å². The van der Waals surface area contributed by atoms with E-state index < -0.39 is 25.2 Å². The number of nitrogens with one attached hydrogen (secondary N) is 1. The van der Waals surface area contributed by atoms with Crippen LogP contribution in [0.15, 0.2) is 29.4 Å². The van der Waals surface area contributed by atoms with Gasteiger partial charge in [-0.15, -0.1) is 24.0 Å². The van der Waals surface area contributed by atoms with E-state index in [0.29, 0.717) is 17.9 Å². The molecule has 0 fully saturated rings. The van der Waals surface area contributed by atoms with Gasteiger partial charge in [0.1, 0.15) is 13.1 Å². The van der Waals surface area contributed by atoms with Crippen molar-refractivity contribution in [2.45, 2.75) is 12.6 Å². The Morgan fingerprint density at radius 1 is 1.43 bits per heavy atom. The number of carbonyl (C=O) groups is 1. The second kappa shape index (κ2) is 10.2. The van der Waals surface area contributed by atoms with Crippen LogP contribution < -0.4 is 11.1 Å². The number of nitrogens with zero attached hydrogens (tertiary/aromatic N) is 3. The molecule has 1 aromatic heterocycles. The fourth-order valence-electron chi connectivity index (χ4n) is 1.55. The Morgan fingerprint density at radius 3 is 2.70 bits per heavy atom. The number of rotatable bonds is 6. The number of alkyl halides is 3. The Balaban J connectivity index is 0.00000484. The number of guanidine groups is 1. The first-order valence-corrected chi connectivity index (χ1v) is 6.52. The van der Waals surface area contributed by atoms with E-state index >= 15 is 0 Å². The molecule has 0 aliphatic heterocycles. The summed E-state index contributed by atoms with van der Waals surface area (Å²) in [5, 5.41) is 2.77. The quantitative estimate of drug-likeness (QED) is 0.391. The third-order valence-electron chi connectivity index (χ3n) is 2.64. The van der Waals surface area contributed by atoms with Gasteiger partial charge in [0.05, 0.1) is 0 Å². The normalized spacial score (nSPS) is 11.6. The zero-order chi connectivity index (χ0) is 16.6. The standard InChI is InChI=1S/C13H18F3N5O.HI/c1-21(9-13(14,15)16)11(22)8-20-12(17)19-7-5-10-4-2-3-6-18-10;/h2-4,6H,5,7-9H2,1H3,(H3,17,19,20);1H. The first-order chi connectivity index (χ1) is 10.3. The van der Waals surface area contributed by atoms with Gasteiger partial charge < -0.3 is 16.0 Å². The summed E-state index contributed by atoms with van der Waals surface area (Å²) in [5.74, 6) is -0.753. The third kappa shape index (κ3) is 9.92. The summed E-state index contributed by atoms with van der Waals surface area (Å²) in [6, 6.07) is 5.51. The molecule has 0 unspecified atom stereocenters. The predicted molar refractivity (Wildman–Crippen MR) is 91.5 cm³/mol. The summed E-state index contributed by atoms with van der Waals surface area (Å²) < 4.78 is 36.4. The van der Waals surface area contributed by atoms with Crippen molar-refractivity contribution >= 4 is 35.8 Å². The number of aromatic nitrogens is 1. The van der Waals surface area contributed by atoms with Gasteiger partial charge in [-0.05, 0) is 12.1 Å². The van der Waals surface area contributed by atoms with Crippen molar-refractivity contribution in [1.29, 1.82) is 0 Å². The van der Waals surface area contributed by atoms with Crippen LogP contribution in [0, 0.1) is 0 Å². The maximum atomic E-state index is 12.1. The van der Waals surface area contributed by atoms with E-state index in [1.807, 2.05) is 12.1 Å². The molecule has 10 heteroatoms. The fourth-order valence-corrected chi connectivity index (χ4v) is 1.55. The summed E-state index contributed by atoms with van der Waals surface area (Å²) in [6.45, 7) is -1.29. The molecule has 6 nitrogen and oxygen atoms in total. The lowest BCUT2D eigenvalue weighted by molar-refractivity contribution is -0.157. The fraction of sp³-hybridized carbons (Fsp3) is 0.462. The minimum atomic E-state index is -4.43. The highest BCUT2D eigenvalue weighted by Crippen LogP contribution is 2.15. The van der Waals surface area contributed by atoms with Crippen LogP contribution in [0.4, 0.5) is 13.2 Å². The Bertz CT molecular complexity index is 510. The molecule has 0 aromatic carbocycles. The molecule has 0 aliphatic carbocycles. The van der Waals surface area contributed by atoms with E-state index in [9.17, 15) is 18.0 Å². The Hall–Kier alpha value is -1.59. The number of halogens is 4. The van der Waals surface area contributed by atoms with Crippen LogP contribution in [0.5, 0.6) is 0 Å². The van der Waals surface area contributed by atoms with Crippen LogP contribution in [-0.2, 0) is 11.2 Å². The molecule has 1 amide bonds. The number of hydrogen-bond acceptors (Lipinski definition) is 3. The van der Waals surface area contributed by atoms with Crippen LogP contribution >= 0.6 is 24.0 Å². The number of hydrogen-bond donors (Lipinski definition) is 2. The highest BCUT2D eigenvalue weighted by Gasteiger charge is 2.30. The largest absolute Gasteiger partial charge is 0.406 e. The lowest BCUT2D eigenvalue weighted by Crippen LogP contribution is -2.38. The van der Waals surface area contributed by atoms with Crippen molar-refractivity contribution in [2.24, 2.45) is 10.7 Å². The zero-order valence-corrected chi connectivity index (χ0v) is 14.8. The average Bonchev–Trinajstić information content (AvgIpc) is 2.44. The van der Waals surface area contributed by atoms with Crippen molar-refractivity contribution in [3.8, 4) is 0 Å². The second-order valence-corrected chi connectivity index (χ2v) is 4.56. The van der Waals surface area contributed by atoms with Crippen LogP contribution in [0.2, 0.25) is 0 Å². The highest BCUT2D eigenvalue weighted by molar-refractivity contribution is 14.0. The van der Waals surface area contributed by atoms with Gasteiger partial charge in [0, 0.05) is 31.9 Å². The van der Waals surface area contributed by atoms with Crippen molar-refractivity contribution in [1.82, 2.24) is 15.2 Å². The lowest BCUT2D eigenvalue weighted by atomic mass is 10.3. The molecule has 130 valence electrons. The third-order valence-corrected chi connectivity index (χ3v) is 2.64. The van der Waals surface area contributed by atoms with Crippen LogP contribution in [-0.4, -0.2) is 54.6 Å². The molecule has 0 spiro atoms. The SMILES string of the molecule is CN(CC(F)(F)F)C(=O)CN=C(N)NCCc1ccccn1.I. The number of aliphatic imine (C=N–C) groups is 1.